The summed E-state index contributed by atoms with van der Waals surface area (Å²) >= 11 is 0. The third kappa shape index (κ3) is 5.25. The Kier molecular flexibility index (Phi) is 6.06. The van der Waals surface area contributed by atoms with Crippen molar-refractivity contribution in [1.82, 2.24) is 19.2 Å². The second-order valence-electron chi connectivity index (χ2n) is 6.99. The summed E-state index contributed by atoms with van der Waals surface area (Å²) in [6, 6.07) is 7.88. The number of hydrogen-bond acceptors (Lipinski definition) is 4. The van der Waals surface area contributed by atoms with E-state index in [-0.39, 0.29) is 6.54 Å². The normalized spacial score (nSPS) is 14.0. The summed E-state index contributed by atoms with van der Waals surface area (Å²) in [5.41, 5.74) is 0.351. The Morgan fingerprint density at radius 2 is 1.93 bits per heavy atom. The fourth-order valence-corrected chi connectivity index (χ4v) is 3.31. The number of halogens is 3. The lowest BCUT2D eigenvalue weighted by atomic mass is 10.1. The first kappa shape index (κ1) is 20.6. The lowest BCUT2D eigenvalue weighted by Crippen LogP contribution is -2.42. The van der Waals surface area contributed by atoms with Crippen molar-refractivity contribution in [3.63, 3.8) is 0 Å². The lowest BCUT2D eigenvalue weighted by molar-refractivity contribution is -0.163. The largest absolute Gasteiger partial charge is 0.406 e. The van der Waals surface area contributed by atoms with Crippen molar-refractivity contribution < 1.29 is 18.0 Å². The van der Waals surface area contributed by atoms with Gasteiger partial charge in [0.1, 0.15) is 18.9 Å². The van der Waals surface area contributed by atoms with Gasteiger partial charge in [0, 0.05) is 19.5 Å². The molecule has 0 N–H and O–H groups in total. The van der Waals surface area contributed by atoms with Crippen LogP contribution < -0.4 is 5.69 Å². The van der Waals surface area contributed by atoms with Crippen molar-refractivity contribution >= 4 is 5.91 Å². The minimum atomic E-state index is -4.58. The Labute approximate surface area is 165 Å². The van der Waals surface area contributed by atoms with Crippen molar-refractivity contribution in [3.8, 4) is 6.07 Å². The topological polar surface area (TPSA) is 83.9 Å². The molecule has 0 bridgehead atoms. The Bertz CT molecular complexity index is 970. The van der Waals surface area contributed by atoms with Gasteiger partial charge in [0.15, 0.2) is 0 Å². The van der Waals surface area contributed by atoms with E-state index in [1.807, 2.05) is 6.07 Å². The first-order valence-corrected chi connectivity index (χ1v) is 9.27. The van der Waals surface area contributed by atoms with Crippen LogP contribution >= 0.6 is 0 Å². The summed E-state index contributed by atoms with van der Waals surface area (Å²) in [7, 11) is 0. The van der Waals surface area contributed by atoms with E-state index in [4.69, 9.17) is 5.26 Å². The number of nitriles is 1. The van der Waals surface area contributed by atoms with Crippen LogP contribution in [-0.2, 0) is 30.8 Å². The van der Waals surface area contributed by atoms with E-state index in [1.54, 1.807) is 0 Å². The third-order valence-corrected chi connectivity index (χ3v) is 4.75. The van der Waals surface area contributed by atoms with Gasteiger partial charge in [0.25, 0.3) is 0 Å². The molecular weight excluding hydrogens is 387 g/mol. The molecule has 29 heavy (non-hydrogen) atoms. The number of aromatic nitrogens is 3. The summed E-state index contributed by atoms with van der Waals surface area (Å²) in [4.78, 5) is 25.7. The van der Waals surface area contributed by atoms with E-state index in [0.29, 0.717) is 34.8 Å². The van der Waals surface area contributed by atoms with E-state index in [0.717, 1.165) is 23.9 Å². The predicted octanol–water partition coefficient (Wildman–Crippen LogP) is 2.23. The monoisotopic (exact) mass is 407 g/mol. The molecule has 0 radical (unpaired) electrons. The first-order valence-electron chi connectivity index (χ1n) is 9.27. The fourth-order valence-electron chi connectivity index (χ4n) is 3.31. The van der Waals surface area contributed by atoms with Gasteiger partial charge in [-0.05, 0) is 30.5 Å². The molecule has 2 heterocycles. The molecule has 154 valence electrons. The van der Waals surface area contributed by atoms with Crippen LogP contribution in [0.25, 0.3) is 0 Å². The van der Waals surface area contributed by atoms with Gasteiger partial charge in [-0.25, -0.2) is 9.48 Å². The quantitative estimate of drug-likeness (QED) is 0.761. The Hall–Kier alpha value is -3.09. The highest BCUT2D eigenvalue weighted by atomic mass is 19.4. The second-order valence-corrected chi connectivity index (χ2v) is 6.99. The van der Waals surface area contributed by atoms with E-state index in [2.05, 4.69) is 5.10 Å². The highest BCUT2D eigenvalue weighted by molar-refractivity contribution is 5.76. The van der Waals surface area contributed by atoms with E-state index < -0.39 is 30.9 Å². The van der Waals surface area contributed by atoms with Crippen LogP contribution in [0, 0.1) is 11.3 Å². The van der Waals surface area contributed by atoms with Crippen LogP contribution in [0.3, 0.4) is 0 Å². The second kappa shape index (κ2) is 8.51. The molecule has 1 amide bonds. The average Bonchev–Trinajstić information content (AvgIpc) is 2.84. The predicted molar refractivity (Wildman–Crippen MR) is 96.7 cm³/mol. The molecule has 2 aromatic rings. The minimum absolute atomic E-state index is 0.285. The maximum Gasteiger partial charge on any atom is 0.406 e. The number of amides is 1. The maximum absolute atomic E-state index is 13.0. The molecule has 1 aromatic heterocycles. The van der Waals surface area contributed by atoms with Gasteiger partial charge in [-0.3, -0.25) is 9.36 Å². The zero-order valence-corrected chi connectivity index (χ0v) is 15.7. The van der Waals surface area contributed by atoms with Crippen molar-refractivity contribution in [2.45, 2.75) is 51.5 Å². The fraction of sp³-hybridized carbons (Fsp3) is 0.474. The van der Waals surface area contributed by atoms with Crippen LogP contribution in [0.15, 0.2) is 29.1 Å². The molecule has 0 spiro atoms. The van der Waals surface area contributed by atoms with Crippen molar-refractivity contribution in [3.05, 3.63) is 51.7 Å². The van der Waals surface area contributed by atoms with Crippen LogP contribution in [0.4, 0.5) is 13.2 Å². The van der Waals surface area contributed by atoms with Crippen molar-refractivity contribution in [1.29, 1.82) is 5.26 Å². The van der Waals surface area contributed by atoms with Gasteiger partial charge < -0.3 is 4.90 Å². The molecule has 3 rings (SSSR count). The average molecular weight is 407 g/mol. The number of hydrogen-bond donors (Lipinski definition) is 0. The SMILES string of the molecule is N#Cc1ccc(CN(CC(F)(F)F)C(=O)Cn2nc3n(c2=O)CCCCC3)cc1. The van der Waals surface area contributed by atoms with Gasteiger partial charge in [-0.2, -0.15) is 23.5 Å². The van der Waals surface area contributed by atoms with Gasteiger partial charge in [0.05, 0.1) is 11.6 Å². The van der Waals surface area contributed by atoms with Crippen LogP contribution in [-0.4, -0.2) is 37.9 Å². The van der Waals surface area contributed by atoms with Crippen LogP contribution in [0.2, 0.25) is 0 Å². The number of rotatable bonds is 5. The van der Waals surface area contributed by atoms with Gasteiger partial charge in [-0.15, -0.1) is 0 Å². The number of fused-ring (bicyclic) bond motifs is 1. The number of carbonyl (C=O) groups is 1. The summed E-state index contributed by atoms with van der Waals surface area (Å²) < 4.78 is 41.5. The molecule has 0 aliphatic carbocycles. The molecule has 0 unspecified atom stereocenters. The highest BCUT2D eigenvalue weighted by Gasteiger charge is 2.33. The molecule has 10 heteroatoms. The van der Waals surface area contributed by atoms with E-state index in [1.165, 1.54) is 28.8 Å². The smallest absolute Gasteiger partial charge is 0.328 e. The van der Waals surface area contributed by atoms with Crippen molar-refractivity contribution in [2.24, 2.45) is 0 Å². The first-order chi connectivity index (χ1) is 13.8. The molecule has 0 saturated heterocycles. The van der Waals surface area contributed by atoms with Gasteiger partial charge in [-0.1, -0.05) is 18.6 Å². The summed E-state index contributed by atoms with van der Waals surface area (Å²) in [5.74, 6) is -0.281. The number of alkyl halides is 3. The van der Waals surface area contributed by atoms with Crippen molar-refractivity contribution in [2.75, 3.05) is 6.54 Å². The Balaban J connectivity index is 1.79. The highest BCUT2D eigenvalue weighted by Crippen LogP contribution is 2.19. The number of aryl methyl sites for hydroxylation is 1. The van der Waals surface area contributed by atoms with E-state index in [9.17, 15) is 22.8 Å². The number of benzene rings is 1. The molecule has 0 atom stereocenters. The summed E-state index contributed by atoms with van der Waals surface area (Å²) in [5, 5.41) is 13.0. The Morgan fingerprint density at radius 3 is 2.59 bits per heavy atom. The summed E-state index contributed by atoms with van der Waals surface area (Å²) in [6.07, 6.45) is -1.30. The van der Waals surface area contributed by atoms with Gasteiger partial charge in [0.2, 0.25) is 5.91 Å². The standard InChI is InChI=1S/C19H20F3N5O2/c20-19(21,22)13-25(11-15-7-5-14(10-23)6-8-15)17(28)12-27-18(29)26-9-3-1-2-4-16(26)24-27/h5-8H,1-4,9,11-13H2. The molecule has 1 aromatic carbocycles. The molecule has 7 nitrogen and oxygen atoms in total. The molecule has 0 fully saturated rings. The number of carbonyl (C=O) groups excluding carboxylic acids is 1. The van der Waals surface area contributed by atoms with Gasteiger partial charge >= 0.3 is 11.9 Å². The van der Waals surface area contributed by atoms with Crippen LogP contribution in [0.5, 0.6) is 0 Å². The molecule has 1 aliphatic heterocycles. The maximum atomic E-state index is 13.0. The summed E-state index contributed by atoms with van der Waals surface area (Å²) in [6.45, 7) is -1.77. The number of nitrogens with zero attached hydrogens (tertiary/aromatic N) is 5. The van der Waals surface area contributed by atoms with Crippen LogP contribution in [0.1, 0.15) is 36.2 Å². The molecule has 0 saturated carbocycles. The molecular formula is C19H20F3N5O2. The zero-order valence-electron chi connectivity index (χ0n) is 15.7. The Morgan fingerprint density at radius 1 is 1.21 bits per heavy atom. The lowest BCUT2D eigenvalue weighted by Gasteiger charge is -2.24. The third-order valence-electron chi connectivity index (χ3n) is 4.75. The zero-order chi connectivity index (χ0) is 21.0. The van der Waals surface area contributed by atoms with E-state index >= 15 is 0 Å². The minimum Gasteiger partial charge on any atom is -0.328 e. The molecule has 1 aliphatic rings.